The number of nitrogens with zero attached hydrogens (tertiary/aromatic N) is 4. The molecule has 2 N–H and O–H groups in total. The van der Waals surface area contributed by atoms with E-state index in [0.717, 1.165) is 76.7 Å². The fourth-order valence-electron chi connectivity index (χ4n) is 7.82. The molecular weight excluding hydrogens is 620 g/mol. The summed E-state index contributed by atoms with van der Waals surface area (Å²) in [7, 11) is 6.14. The summed E-state index contributed by atoms with van der Waals surface area (Å²) >= 11 is 6.44. The number of halogens is 1. The number of fused-ring (bicyclic) bond motifs is 3. The largest absolute Gasteiger partial charge is 0.361 e. The number of carbonyl (C=O) groups is 2. The number of hydrogen-bond donors (Lipinski definition) is 2. The molecule has 2 aliphatic rings. The van der Waals surface area contributed by atoms with Crippen molar-refractivity contribution < 1.29 is 9.59 Å². The SMILES string of the molecule is CN(C)C[C@H]1Cc2cc(Cl)ccc2N(C(=O)[C@@H](Cc2c[nH]c3ccccc23)NCC2CCN(C(=O)c3cc4ccccc4n3C)CC2)C1. The minimum atomic E-state index is -0.402. The van der Waals surface area contributed by atoms with Gasteiger partial charge in [-0.25, -0.2) is 0 Å². The molecule has 7 rings (SSSR count). The van der Waals surface area contributed by atoms with Crippen molar-refractivity contribution in [1.82, 2.24) is 24.7 Å². The smallest absolute Gasteiger partial charge is 0.270 e. The van der Waals surface area contributed by atoms with Gasteiger partial charge in [0.2, 0.25) is 5.91 Å². The van der Waals surface area contributed by atoms with Crippen LogP contribution in [-0.2, 0) is 24.7 Å². The Kier molecular flexibility index (Phi) is 9.32. The molecule has 0 radical (unpaired) electrons. The van der Waals surface area contributed by atoms with Crippen LogP contribution >= 0.6 is 11.6 Å². The van der Waals surface area contributed by atoms with E-state index in [0.29, 0.717) is 42.9 Å². The van der Waals surface area contributed by atoms with Gasteiger partial charge in [-0.3, -0.25) is 9.59 Å². The molecule has 0 bridgehead atoms. The predicted molar refractivity (Wildman–Crippen MR) is 195 cm³/mol. The Morgan fingerprint density at radius 2 is 1.77 bits per heavy atom. The number of para-hydroxylation sites is 2. The molecule has 0 saturated carbocycles. The molecule has 2 aromatic heterocycles. The Bertz CT molecular complexity index is 1940. The lowest BCUT2D eigenvalue weighted by Gasteiger charge is -2.38. The predicted octanol–water partition coefficient (Wildman–Crippen LogP) is 6.13. The molecule has 9 heteroatoms. The van der Waals surface area contributed by atoms with Crippen molar-refractivity contribution in [2.24, 2.45) is 18.9 Å². The Morgan fingerprint density at radius 3 is 2.56 bits per heavy atom. The summed E-state index contributed by atoms with van der Waals surface area (Å²) in [4.78, 5) is 37.8. The summed E-state index contributed by atoms with van der Waals surface area (Å²) in [6.45, 7) is 3.70. The van der Waals surface area contributed by atoms with Gasteiger partial charge < -0.3 is 29.6 Å². The second-order valence-corrected chi connectivity index (χ2v) is 14.4. The first-order valence-electron chi connectivity index (χ1n) is 17.1. The minimum Gasteiger partial charge on any atom is -0.361 e. The molecule has 250 valence electrons. The third-order valence-corrected chi connectivity index (χ3v) is 10.5. The standard InChI is InChI=1S/C39H45ClN6O2/c1-43(2)24-27-18-29-19-31(40)12-13-36(29)46(25-27)38(47)34(20-30-23-42-33-10-6-5-9-32(30)33)41-22-26-14-16-45(17-15-26)39(48)37-21-28-8-4-7-11-35(28)44(37)3/h4-13,19,21,23,26-27,34,41-42H,14-18,20,22,24-25H2,1-3H3/t27-,34-/m1/s1. The first kappa shape index (κ1) is 32.4. The van der Waals surface area contributed by atoms with Crippen LogP contribution in [0.2, 0.25) is 5.02 Å². The molecule has 0 spiro atoms. The number of benzene rings is 3. The summed E-state index contributed by atoms with van der Waals surface area (Å²) in [6.07, 6.45) is 5.31. The van der Waals surface area contributed by atoms with E-state index >= 15 is 0 Å². The van der Waals surface area contributed by atoms with E-state index in [4.69, 9.17) is 11.6 Å². The van der Waals surface area contributed by atoms with Crippen molar-refractivity contribution in [3.05, 3.63) is 101 Å². The van der Waals surface area contributed by atoms with Crippen LogP contribution in [0.3, 0.4) is 0 Å². The lowest BCUT2D eigenvalue weighted by Crippen LogP contribution is -2.53. The van der Waals surface area contributed by atoms with Gasteiger partial charge in [-0.2, -0.15) is 0 Å². The monoisotopic (exact) mass is 664 g/mol. The fraction of sp³-hybridized carbons (Fsp3) is 0.385. The number of aromatic amines is 1. The van der Waals surface area contributed by atoms with Crippen LogP contribution in [0.15, 0.2) is 79.0 Å². The quantitative estimate of drug-likeness (QED) is 0.199. The maximum atomic E-state index is 14.7. The van der Waals surface area contributed by atoms with E-state index in [1.807, 2.05) is 76.1 Å². The molecule has 3 aromatic carbocycles. The van der Waals surface area contributed by atoms with Gasteiger partial charge in [0.1, 0.15) is 5.69 Å². The molecule has 2 atom stereocenters. The third kappa shape index (κ3) is 6.62. The molecule has 0 unspecified atom stereocenters. The molecule has 48 heavy (non-hydrogen) atoms. The topological polar surface area (TPSA) is 76.6 Å². The number of aryl methyl sites for hydroxylation is 1. The Morgan fingerprint density at radius 1 is 1.00 bits per heavy atom. The normalized spacial score (nSPS) is 17.7. The van der Waals surface area contributed by atoms with Crippen molar-refractivity contribution in [2.75, 3.05) is 51.7 Å². The van der Waals surface area contributed by atoms with Crippen LogP contribution in [0.25, 0.3) is 21.8 Å². The molecule has 5 aromatic rings. The van der Waals surface area contributed by atoms with Crippen molar-refractivity contribution in [2.45, 2.75) is 31.7 Å². The van der Waals surface area contributed by atoms with Gasteiger partial charge in [0.25, 0.3) is 5.91 Å². The number of rotatable bonds is 9. The maximum Gasteiger partial charge on any atom is 0.270 e. The van der Waals surface area contributed by atoms with E-state index in [1.165, 1.54) is 0 Å². The summed E-state index contributed by atoms with van der Waals surface area (Å²) in [5.74, 6) is 0.862. The zero-order chi connectivity index (χ0) is 33.4. The number of carbonyl (C=O) groups excluding carboxylic acids is 2. The average Bonchev–Trinajstić information content (AvgIpc) is 3.66. The molecule has 0 aliphatic carbocycles. The van der Waals surface area contributed by atoms with Crippen LogP contribution in [0.1, 0.15) is 34.5 Å². The number of likely N-dealkylation sites (tertiary alicyclic amines) is 1. The lowest BCUT2D eigenvalue weighted by atomic mass is 9.91. The van der Waals surface area contributed by atoms with Crippen LogP contribution in [0.4, 0.5) is 5.69 Å². The van der Waals surface area contributed by atoms with Gasteiger partial charge in [-0.1, -0.05) is 48.0 Å². The van der Waals surface area contributed by atoms with E-state index < -0.39 is 6.04 Å². The van der Waals surface area contributed by atoms with Gasteiger partial charge in [0, 0.05) is 71.9 Å². The van der Waals surface area contributed by atoms with Crippen LogP contribution in [0, 0.1) is 11.8 Å². The van der Waals surface area contributed by atoms with Crippen molar-refractivity contribution in [1.29, 1.82) is 0 Å². The lowest BCUT2D eigenvalue weighted by molar-refractivity contribution is -0.121. The zero-order valence-electron chi connectivity index (χ0n) is 28.1. The van der Waals surface area contributed by atoms with Crippen LogP contribution in [0.5, 0.6) is 0 Å². The highest BCUT2D eigenvalue weighted by Crippen LogP contribution is 2.33. The molecule has 4 heterocycles. The van der Waals surface area contributed by atoms with Crippen molar-refractivity contribution >= 4 is 50.9 Å². The Hall–Kier alpha value is -4.11. The number of nitrogens with one attached hydrogen (secondary N) is 2. The minimum absolute atomic E-state index is 0.0867. The first-order chi connectivity index (χ1) is 23.2. The van der Waals surface area contributed by atoms with Crippen LogP contribution < -0.4 is 10.2 Å². The number of hydrogen-bond acceptors (Lipinski definition) is 4. The van der Waals surface area contributed by atoms with Crippen molar-refractivity contribution in [3.63, 3.8) is 0 Å². The molecular formula is C39H45ClN6O2. The van der Waals surface area contributed by atoms with Crippen molar-refractivity contribution in [3.8, 4) is 0 Å². The summed E-state index contributed by atoms with van der Waals surface area (Å²) < 4.78 is 2.00. The second kappa shape index (κ2) is 13.8. The summed E-state index contributed by atoms with van der Waals surface area (Å²) in [6, 6.07) is 23.9. The number of H-pyrrole nitrogens is 1. The maximum absolute atomic E-state index is 14.7. The number of piperidine rings is 1. The second-order valence-electron chi connectivity index (χ2n) is 14.0. The average molecular weight is 665 g/mol. The summed E-state index contributed by atoms with van der Waals surface area (Å²) in [5.41, 5.74) is 6.09. The van der Waals surface area contributed by atoms with Gasteiger partial charge in [-0.15, -0.1) is 0 Å². The van der Waals surface area contributed by atoms with Crippen LogP contribution in [-0.4, -0.2) is 84.0 Å². The zero-order valence-corrected chi connectivity index (χ0v) is 28.8. The number of anilines is 1. The van der Waals surface area contributed by atoms with Gasteiger partial charge in [0.05, 0.1) is 6.04 Å². The molecule has 1 fully saturated rings. The first-order valence-corrected chi connectivity index (χ1v) is 17.5. The van der Waals surface area contributed by atoms with E-state index in [-0.39, 0.29) is 11.8 Å². The summed E-state index contributed by atoms with van der Waals surface area (Å²) in [5, 5.41) is 6.67. The highest BCUT2D eigenvalue weighted by Gasteiger charge is 2.34. The molecule has 8 nitrogen and oxygen atoms in total. The van der Waals surface area contributed by atoms with E-state index in [1.54, 1.807) is 0 Å². The highest BCUT2D eigenvalue weighted by atomic mass is 35.5. The third-order valence-electron chi connectivity index (χ3n) is 10.3. The highest BCUT2D eigenvalue weighted by molar-refractivity contribution is 6.30. The van der Waals surface area contributed by atoms with Gasteiger partial charge >= 0.3 is 0 Å². The van der Waals surface area contributed by atoms with E-state index in [9.17, 15) is 9.59 Å². The number of aromatic nitrogens is 2. The number of amides is 2. The Labute approximate surface area is 287 Å². The molecule has 2 aliphatic heterocycles. The van der Waals surface area contributed by atoms with Gasteiger partial charge in [-0.05, 0) is 106 Å². The van der Waals surface area contributed by atoms with E-state index in [2.05, 4.69) is 53.6 Å². The molecule has 1 saturated heterocycles. The molecule has 2 amide bonds. The fourth-order valence-corrected chi connectivity index (χ4v) is 8.02. The Balaban J connectivity index is 1.08. The van der Waals surface area contributed by atoms with Gasteiger partial charge in [0.15, 0.2) is 0 Å².